The fourth-order valence-electron chi connectivity index (χ4n) is 9.42. The smallest absolute Gasteiger partial charge is 0.306 e. The van der Waals surface area contributed by atoms with E-state index in [0.29, 0.717) is 19.3 Å². The molecule has 0 rings (SSSR count). The minimum atomic E-state index is -0.761. The van der Waals surface area contributed by atoms with Gasteiger partial charge in [-0.2, -0.15) is 0 Å². The van der Waals surface area contributed by atoms with Crippen LogP contribution in [0.4, 0.5) is 0 Å². The molecule has 6 heteroatoms. The second-order valence-electron chi connectivity index (χ2n) is 21.2. The van der Waals surface area contributed by atoms with Gasteiger partial charge in [0.05, 0.1) is 0 Å². The Labute approximate surface area is 418 Å². The largest absolute Gasteiger partial charge is 0.462 e. The van der Waals surface area contributed by atoms with Crippen LogP contribution in [0.2, 0.25) is 0 Å². The number of unbranched alkanes of at least 4 members (excludes halogenated alkanes) is 42. The Morgan fingerprint density at radius 1 is 0.299 bits per heavy atom. The summed E-state index contributed by atoms with van der Waals surface area (Å²) in [5, 5.41) is 0. The molecule has 0 aliphatic rings. The van der Waals surface area contributed by atoms with Crippen molar-refractivity contribution in [2.45, 2.75) is 355 Å². The number of esters is 3. The summed E-state index contributed by atoms with van der Waals surface area (Å²) in [5.74, 6) is 0.0741. The van der Waals surface area contributed by atoms with Gasteiger partial charge in [-0.05, 0) is 25.2 Å². The van der Waals surface area contributed by atoms with Crippen LogP contribution in [-0.4, -0.2) is 37.2 Å². The van der Waals surface area contributed by atoms with Gasteiger partial charge in [0.2, 0.25) is 0 Å². The fourth-order valence-corrected chi connectivity index (χ4v) is 9.42. The number of hydrogen-bond donors (Lipinski definition) is 0. The highest BCUT2D eigenvalue weighted by Crippen LogP contribution is 2.19. The number of carbonyl (C=O) groups is 3. The SMILES string of the molecule is CCCCCCCCCCCCCCCCCCCCC(=O)O[C@H](COC(=O)CCCCCCCCCCC)COC(=O)CCCCCCCCCCCCCCCCCCCCC(C)CC. The van der Waals surface area contributed by atoms with Crippen LogP contribution >= 0.6 is 0 Å². The molecule has 0 saturated carbocycles. The maximum atomic E-state index is 12.8. The molecule has 67 heavy (non-hydrogen) atoms. The zero-order valence-corrected chi connectivity index (χ0v) is 45.9. The molecule has 0 aliphatic heterocycles. The number of carbonyl (C=O) groups excluding carboxylic acids is 3. The molecule has 0 aromatic carbocycles. The van der Waals surface area contributed by atoms with Crippen molar-refractivity contribution in [3.8, 4) is 0 Å². The van der Waals surface area contributed by atoms with Gasteiger partial charge in [0.25, 0.3) is 0 Å². The topological polar surface area (TPSA) is 78.9 Å². The van der Waals surface area contributed by atoms with E-state index in [1.54, 1.807) is 0 Å². The van der Waals surface area contributed by atoms with E-state index in [4.69, 9.17) is 14.2 Å². The van der Waals surface area contributed by atoms with Crippen molar-refractivity contribution in [2.24, 2.45) is 5.92 Å². The van der Waals surface area contributed by atoms with Crippen molar-refractivity contribution in [3.63, 3.8) is 0 Å². The Hall–Kier alpha value is -1.59. The third kappa shape index (κ3) is 53.6. The van der Waals surface area contributed by atoms with E-state index in [0.717, 1.165) is 63.7 Å². The van der Waals surface area contributed by atoms with Crippen LogP contribution in [0, 0.1) is 5.92 Å². The normalized spacial score (nSPS) is 12.4. The quantitative estimate of drug-likeness (QED) is 0.0343. The van der Waals surface area contributed by atoms with Crippen molar-refractivity contribution in [3.05, 3.63) is 0 Å². The van der Waals surface area contributed by atoms with E-state index >= 15 is 0 Å². The van der Waals surface area contributed by atoms with Crippen LogP contribution in [-0.2, 0) is 28.6 Å². The molecule has 0 aliphatic carbocycles. The second-order valence-corrected chi connectivity index (χ2v) is 21.2. The molecule has 398 valence electrons. The second kappa shape index (κ2) is 55.3. The maximum Gasteiger partial charge on any atom is 0.306 e. The van der Waals surface area contributed by atoms with E-state index in [-0.39, 0.29) is 31.1 Å². The maximum absolute atomic E-state index is 12.8. The molecule has 0 fully saturated rings. The first-order valence-corrected chi connectivity index (χ1v) is 30.4. The molecule has 0 aromatic rings. The predicted molar refractivity (Wildman–Crippen MR) is 289 cm³/mol. The summed E-state index contributed by atoms with van der Waals surface area (Å²) < 4.78 is 16.9. The Bertz CT molecular complexity index is 1010. The Balaban J connectivity index is 4.16. The zero-order chi connectivity index (χ0) is 48.8. The standard InChI is InChI=1S/C61H118O6/c1-5-8-10-12-14-16-17-18-19-20-24-28-31-34-38-42-46-50-54-61(64)67-58(55-65-59(62)52-48-44-40-35-15-13-11-9-6-2)56-66-60(63)53-49-45-41-37-33-30-27-25-22-21-23-26-29-32-36-39-43-47-51-57(4)7-3/h57-58H,5-56H2,1-4H3/t57?,58-/m1/s1. The minimum Gasteiger partial charge on any atom is -0.462 e. The molecule has 0 saturated heterocycles. The van der Waals surface area contributed by atoms with Gasteiger partial charge in [-0.1, -0.05) is 310 Å². The molecule has 1 unspecified atom stereocenters. The van der Waals surface area contributed by atoms with Crippen LogP contribution < -0.4 is 0 Å². The lowest BCUT2D eigenvalue weighted by atomic mass is 9.99. The molecule has 6 nitrogen and oxygen atoms in total. The molecule has 0 bridgehead atoms. The third-order valence-corrected chi connectivity index (χ3v) is 14.4. The van der Waals surface area contributed by atoms with Crippen molar-refractivity contribution >= 4 is 17.9 Å². The Morgan fingerprint density at radius 2 is 0.522 bits per heavy atom. The van der Waals surface area contributed by atoms with Gasteiger partial charge in [0.1, 0.15) is 13.2 Å². The van der Waals surface area contributed by atoms with Crippen molar-refractivity contribution < 1.29 is 28.6 Å². The molecule has 0 heterocycles. The lowest BCUT2D eigenvalue weighted by Crippen LogP contribution is -2.30. The molecule has 0 spiro atoms. The zero-order valence-electron chi connectivity index (χ0n) is 45.9. The van der Waals surface area contributed by atoms with Crippen molar-refractivity contribution in [1.29, 1.82) is 0 Å². The predicted octanol–water partition coefficient (Wildman–Crippen LogP) is 20.2. The first-order chi connectivity index (χ1) is 32.9. The third-order valence-electron chi connectivity index (χ3n) is 14.4. The van der Waals surface area contributed by atoms with E-state index in [1.165, 1.54) is 244 Å². The lowest BCUT2D eigenvalue weighted by Gasteiger charge is -2.18. The molecular formula is C61H118O6. The van der Waals surface area contributed by atoms with Crippen LogP contribution in [0.25, 0.3) is 0 Å². The van der Waals surface area contributed by atoms with E-state index in [2.05, 4.69) is 27.7 Å². The van der Waals surface area contributed by atoms with Crippen LogP contribution in [0.3, 0.4) is 0 Å². The van der Waals surface area contributed by atoms with Gasteiger partial charge in [-0.15, -0.1) is 0 Å². The summed E-state index contributed by atoms with van der Waals surface area (Å²) in [6.07, 6.45) is 61.0. The number of rotatable bonds is 56. The van der Waals surface area contributed by atoms with Gasteiger partial charge < -0.3 is 14.2 Å². The van der Waals surface area contributed by atoms with Crippen molar-refractivity contribution in [2.75, 3.05) is 13.2 Å². The molecule has 0 aromatic heterocycles. The van der Waals surface area contributed by atoms with E-state index in [1.807, 2.05) is 0 Å². The molecule has 0 amide bonds. The average Bonchev–Trinajstić information content (AvgIpc) is 3.33. The van der Waals surface area contributed by atoms with Crippen LogP contribution in [0.5, 0.6) is 0 Å². The van der Waals surface area contributed by atoms with Crippen LogP contribution in [0.15, 0.2) is 0 Å². The van der Waals surface area contributed by atoms with Gasteiger partial charge in [-0.3, -0.25) is 14.4 Å². The summed E-state index contributed by atoms with van der Waals surface area (Å²) in [6, 6.07) is 0. The summed E-state index contributed by atoms with van der Waals surface area (Å²) in [6.45, 7) is 9.10. The first-order valence-electron chi connectivity index (χ1n) is 30.4. The lowest BCUT2D eigenvalue weighted by molar-refractivity contribution is -0.167. The molecule has 2 atom stereocenters. The van der Waals surface area contributed by atoms with Gasteiger partial charge >= 0.3 is 17.9 Å². The summed E-state index contributed by atoms with van der Waals surface area (Å²) in [7, 11) is 0. The van der Waals surface area contributed by atoms with Crippen molar-refractivity contribution in [1.82, 2.24) is 0 Å². The summed E-state index contributed by atoms with van der Waals surface area (Å²) in [4.78, 5) is 38.1. The average molecular weight is 948 g/mol. The highest BCUT2D eigenvalue weighted by atomic mass is 16.6. The minimum absolute atomic E-state index is 0.0618. The monoisotopic (exact) mass is 947 g/mol. The summed E-state index contributed by atoms with van der Waals surface area (Å²) in [5.41, 5.74) is 0. The Kier molecular flexibility index (Phi) is 54.0. The highest BCUT2D eigenvalue weighted by Gasteiger charge is 2.19. The molecule has 0 radical (unpaired) electrons. The highest BCUT2D eigenvalue weighted by molar-refractivity contribution is 5.71. The number of hydrogen-bond acceptors (Lipinski definition) is 6. The fraction of sp³-hybridized carbons (Fsp3) is 0.951. The Morgan fingerprint density at radius 3 is 0.776 bits per heavy atom. The van der Waals surface area contributed by atoms with E-state index in [9.17, 15) is 14.4 Å². The molecular weight excluding hydrogens is 829 g/mol. The van der Waals surface area contributed by atoms with E-state index < -0.39 is 6.10 Å². The number of ether oxygens (including phenoxy) is 3. The summed E-state index contributed by atoms with van der Waals surface area (Å²) >= 11 is 0. The van der Waals surface area contributed by atoms with Gasteiger partial charge in [0.15, 0.2) is 6.10 Å². The van der Waals surface area contributed by atoms with Gasteiger partial charge in [0, 0.05) is 19.3 Å². The molecule has 0 N–H and O–H groups in total. The van der Waals surface area contributed by atoms with Gasteiger partial charge in [-0.25, -0.2) is 0 Å². The van der Waals surface area contributed by atoms with Crippen LogP contribution in [0.1, 0.15) is 349 Å². The first kappa shape index (κ1) is 65.4.